The number of hydrogen-bond donors (Lipinski definition) is 1. The van der Waals surface area contributed by atoms with Gasteiger partial charge in [-0.2, -0.15) is 0 Å². The Morgan fingerprint density at radius 2 is 2.38 bits per heavy atom. The molecule has 0 saturated heterocycles. The number of nitrogens with two attached hydrogens (primary N) is 1. The number of rotatable bonds is 0. The average Bonchev–Trinajstić information content (AvgIpc) is 2.02. The Labute approximate surface area is 77.9 Å². The van der Waals surface area contributed by atoms with Crippen LogP contribution in [-0.4, -0.2) is 10.6 Å². The lowest BCUT2D eigenvalue weighted by molar-refractivity contribution is 0.0667. The summed E-state index contributed by atoms with van der Waals surface area (Å²) >= 11 is 0. The summed E-state index contributed by atoms with van der Waals surface area (Å²) in [5.74, 6) is 0.686. The molecule has 1 aromatic rings. The zero-order valence-electron chi connectivity index (χ0n) is 7.95. The summed E-state index contributed by atoms with van der Waals surface area (Å²) in [6.07, 6.45) is 2.57. The van der Waals surface area contributed by atoms with Crippen molar-refractivity contribution in [2.75, 3.05) is 0 Å². The minimum atomic E-state index is -0.194. The Morgan fingerprint density at radius 3 is 3.15 bits per heavy atom. The molecule has 0 aromatic carbocycles. The van der Waals surface area contributed by atoms with Crippen molar-refractivity contribution in [3.8, 4) is 5.88 Å². The van der Waals surface area contributed by atoms with E-state index in [1.807, 2.05) is 26.0 Å². The monoisotopic (exact) mass is 178 g/mol. The molecule has 0 saturated carbocycles. The molecular weight excluding hydrogens is 164 g/mol. The normalized spacial score (nSPS) is 24.7. The van der Waals surface area contributed by atoms with Crippen molar-refractivity contribution in [3.05, 3.63) is 23.9 Å². The molecule has 0 unspecified atom stereocenters. The van der Waals surface area contributed by atoms with Gasteiger partial charge in [0.15, 0.2) is 0 Å². The fourth-order valence-electron chi connectivity index (χ4n) is 1.71. The molecule has 3 nitrogen and oxygen atoms in total. The smallest absolute Gasteiger partial charge is 0.218 e. The second kappa shape index (κ2) is 2.70. The highest BCUT2D eigenvalue weighted by molar-refractivity contribution is 5.31. The fraction of sp³-hybridized carbons (Fsp3) is 0.500. The van der Waals surface area contributed by atoms with Gasteiger partial charge in [-0.25, -0.2) is 4.98 Å². The van der Waals surface area contributed by atoms with Crippen molar-refractivity contribution in [1.82, 2.24) is 4.98 Å². The molecular formula is C10H14N2O. The lowest BCUT2D eigenvalue weighted by atomic mass is 9.92. The summed E-state index contributed by atoms with van der Waals surface area (Å²) in [6, 6.07) is 3.91. The van der Waals surface area contributed by atoms with Crippen LogP contribution in [-0.2, 0) is 0 Å². The lowest BCUT2D eigenvalue weighted by Crippen LogP contribution is -2.37. The maximum absolute atomic E-state index is 6.00. The summed E-state index contributed by atoms with van der Waals surface area (Å²) in [6.45, 7) is 4.06. The number of pyridine rings is 1. The van der Waals surface area contributed by atoms with Gasteiger partial charge in [-0.1, -0.05) is 6.07 Å². The van der Waals surface area contributed by atoms with Crippen molar-refractivity contribution in [2.24, 2.45) is 5.73 Å². The molecule has 2 heterocycles. The third-order valence-electron chi connectivity index (χ3n) is 2.28. The predicted molar refractivity (Wildman–Crippen MR) is 50.5 cm³/mol. The first-order valence-electron chi connectivity index (χ1n) is 4.48. The number of nitrogens with zero attached hydrogens (tertiary/aromatic N) is 1. The van der Waals surface area contributed by atoms with Gasteiger partial charge in [0.05, 0.1) is 0 Å². The van der Waals surface area contributed by atoms with E-state index in [0.29, 0.717) is 5.88 Å². The molecule has 70 valence electrons. The molecule has 1 aliphatic heterocycles. The van der Waals surface area contributed by atoms with Crippen LogP contribution in [0.25, 0.3) is 0 Å². The third kappa shape index (κ3) is 1.52. The Morgan fingerprint density at radius 1 is 1.62 bits per heavy atom. The number of ether oxygens (including phenoxy) is 1. The Hall–Kier alpha value is -1.09. The summed E-state index contributed by atoms with van der Waals surface area (Å²) in [5, 5.41) is 0. The van der Waals surface area contributed by atoms with Gasteiger partial charge >= 0.3 is 0 Å². The van der Waals surface area contributed by atoms with Crippen LogP contribution < -0.4 is 10.5 Å². The van der Waals surface area contributed by atoms with E-state index in [-0.39, 0.29) is 11.6 Å². The second-order valence-electron chi connectivity index (χ2n) is 4.07. The van der Waals surface area contributed by atoms with E-state index in [4.69, 9.17) is 10.5 Å². The summed E-state index contributed by atoms with van der Waals surface area (Å²) in [5.41, 5.74) is 6.82. The highest BCUT2D eigenvalue weighted by Gasteiger charge is 2.32. The van der Waals surface area contributed by atoms with Gasteiger partial charge in [0.2, 0.25) is 5.88 Å². The number of hydrogen-bond acceptors (Lipinski definition) is 3. The summed E-state index contributed by atoms with van der Waals surface area (Å²) < 4.78 is 5.70. The molecule has 1 atom stereocenters. The van der Waals surface area contributed by atoms with E-state index in [1.54, 1.807) is 6.20 Å². The molecule has 2 N–H and O–H groups in total. The first kappa shape index (κ1) is 8.51. The van der Waals surface area contributed by atoms with Crippen molar-refractivity contribution >= 4 is 0 Å². The zero-order chi connectivity index (χ0) is 9.47. The van der Waals surface area contributed by atoms with Gasteiger partial charge < -0.3 is 10.5 Å². The molecule has 0 radical (unpaired) electrons. The fourth-order valence-corrected chi connectivity index (χ4v) is 1.71. The minimum Gasteiger partial charge on any atom is -0.471 e. The van der Waals surface area contributed by atoms with E-state index >= 15 is 0 Å². The molecule has 0 spiro atoms. The van der Waals surface area contributed by atoms with Gasteiger partial charge in [-0.3, -0.25) is 0 Å². The largest absolute Gasteiger partial charge is 0.471 e. The molecule has 1 aliphatic rings. The lowest BCUT2D eigenvalue weighted by Gasteiger charge is -2.34. The zero-order valence-corrected chi connectivity index (χ0v) is 7.95. The number of aromatic nitrogens is 1. The molecule has 0 amide bonds. The van der Waals surface area contributed by atoms with Crippen LogP contribution in [0, 0.1) is 0 Å². The van der Waals surface area contributed by atoms with Crippen LogP contribution in [0.1, 0.15) is 31.9 Å². The Bertz CT molecular complexity index is 322. The predicted octanol–water partition coefficient (Wildman–Crippen LogP) is 1.64. The highest BCUT2D eigenvalue weighted by atomic mass is 16.5. The van der Waals surface area contributed by atoms with Crippen LogP contribution in [0.2, 0.25) is 0 Å². The van der Waals surface area contributed by atoms with Gasteiger partial charge in [-0.15, -0.1) is 0 Å². The van der Waals surface area contributed by atoms with Crippen LogP contribution >= 0.6 is 0 Å². The Kier molecular flexibility index (Phi) is 1.77. The molecule has 0 fully saturated rings. The van der Waals surface area contributed by atoms with Gasteiger partial charge in [0.25, 0.3) is 0 Å². The average molecular weight is 178 g/mol. The summed E-state index contributed by atoms with van der Waals surface area (Å²) in [4.78, 5) is 4.16. The maximum atomic E-state index is 6.00. The summed E-state index contributed by atoms with van der Waals surface area (Å²) in [7, 11) is 0. The number of fused-ring (bicyclic) bond motifs is 1. The first-order valence-corrected chi connectivity index (χ1v) is 4.48. The van der Waals surface area contributed by atoms with Crippen molar-refractivity contribution < 1.29 is 4.74 Å². The highest BCUT2D eigenvalue weighted by Crippen LogP contribution is 2.35. The molecule has 2 rings (SSSR count). The quantitative estimate of drug-likeness (QED) is 0.657. The minimum absolute atomic E-state index is 0.0486. The van der Waals surface area contributed by atoms with Crippen molar-refractivity contribution in [2.45, 2.75) is 31.9 Å². The van der Waals surface area contributed by atoms with Crippen LogP contribution in [0.4, 0.5) is 0 Å². The molecule has 13 heavy (non-hydrogen) atoms. The second-order valence-corrected chi connectivity index (χ2v) is 4.07. The van der Waals surface area contributed by atoms with Crippen LogP contribution in [0.3, 0.4) is 0 Å². The van der Waals surface area contributed by atoms with E-state index in [0.717, 1.165) is 12.0 Å². The van der Waals surface area contributed by atoms with Gasteiger partial charge in [-0.05, 0) is 19.9 Å². The van der Waals surface area contributed by atoms with Crippen molar-refractivity contribution in [1.29, 1.82) is 0 Å². The SMILES string of the molecule is CC1(C)C[C@H](N)c2cccnc2O1. The van der Waals surface area contributed by atoms with E-state index in [2.05, 4.69) is 4.98 Å². The van der Waals surface area contributed by atoms with E-state index in [1.165, 1.54) is 0 Å². The third-order valence-corrected chi connectivity index (χ3v) is 2.28. The molecule has 3 heteroatoms. The molecule has 0 aliphatic carbocycles. The molecule has 0 bridgehead atoms. The van der Waals surface area contributed by atoms with Gasteiger partial charge in [0, 0.05) is 24.2 Å². The Balaban J connectivity index is 2.43. The van der Waals surface area contributed by atoms with E-state index < -0.39 is 0 Å². The van der Waals surface area contributed by atoms with Crippen molar-refractivity contribution in [3.63, 3.8) is 0 Å². The molecule has 1 aromatic heterocycles. The topological polar surface area (TPSA) is 48.1 Å². The van der Waals surface area contributed by atoms with E-state index in [9.17, 15) is 0 Å². The van der Waals surface area contributed by atoms with Crippen LogP contribution in [0.5, 0.6) is 5.88 Å². The standard InChI is InChI=1S/C10H14N2O/c1-10(2)6-8(11)7-4-3-5-12-9(7)13-10/h3-5,8H,6,11H2,1-2H3/t8-/m0/s1. The van der Waals surface area contributed by atoms with Crippen LogP contribution in [0.15, 0.2) is 18.3 Å². The first-order chi connectivity index (χ1) is 6.08. The van der Waals surface area contributed by atoms with Gasteiger partial charge in [0.1, 0.15) is 5.60 Å². The maximum Gasteiger partial charge on any atom is 0.218 e.